The Bertz CT molecular complexity index is 1130. The van der Waals surface area contributed by atoms with Crippen LogP contribution in [0.4, 0.5) is 5.82 Å². The number of para-hydroxylation sites is 1. The molecular weight excluding hydrogens is 330 g/mol. The number of hydrogen-bond donors (Lipinski definition) is 1. The molecule has 6 nitrogen and oxygen atoms in total. The molecule has 0 fully saturated rings. The van der Waals surface area contributed by atoms with Crippen LogP contribution in [0.2, 0.25) is 0 Å². The molecule has 6 heteroatoms. The minimum Gasteiger partial charge on any atom is -0.451 e. The third kappa shape index (κ3) is 3.12. The monoisotopic (exact) mass is 345 g/mol. The molecular formula is C20H15N3O3. The number of hydrogen-bond acceptors (Lipinski definition) is 4. The Morgan fingerprint density at radius 1 is 1.04 bits per heavy atom. The van der Waals surface area contributed by atoms with Crippen LogP contribution >= 0.6 is 0 Å². The zero-order chi connectivity index (χ0) is 17.9. The fourth-order valence-electron chi connectivity index (χ4n) is 2.71. The van der Waals surface area contributed by atoms with Crippen LogP contribution in [0.15, 0.2) is 82.1 Å². The summed E-state index contributed by atoms with van der Waals surface area (Å²) in [5, 5.41) is 7.43. The number of carbonyl (C=O) groups is 1. The highest BCUT2D eigenvalue weighted by Gasteiger charge is 2.14. The molecule has 4 rings (SSSR count). The Morgan fingerprint density at radius 2 is 1.81 bits per heavy atom. The second kappa shape index (κ2) is 6.68. The maximum absolute atomic E-state index is 12.5. The van der Waals surface area contributed by atoms with E-state index in [1.807, 2.05) is 30.3 Å². The van der Waals surface area contributed by atoms with Crippen molar-refractivity contribution in [3.05, 3.63) is 94.5 Å². The fourth-order valence-corrected chi connectivity index (χ4v) is 2.71. The highest BCUT2D eigenvalue weighted by molar-refractivity contribution is 6.02. The van der Waals surface area contributed by atoms with Gasteiger partial charge in [-0.05, 0) is 17.7 Å². The summed E-state index contributed by atoms with van der Waals surface area (Å²) in [5.41, 5.74) is 1.18. The largest absolute Gasteiger partial charge is 0.451 e. The van der Waals surface area contributed by atoms with Crippen molar-refractivity contribution in [3.63, 3.8) is 0 Å². The van der Waals surface area contributed by atoms with Gasteiger partial charge in [-0.1, -0.05) is 42.5 Å². The number of anilines is 1. The maximum Gasteiger partial charge on any atom is 0.292 e. The number of fused-ring (bicyclic) bond motifs is 1. The SMILES string of the molecule is O=C(Nc1ccnn1Cc1ccccc1)c1cc(=O)c2ccccc2o1. The lowest BCUT2D eigenvalue weighted by Gasteiger charge is -2.09. The van der Waals surface area contributed by atoms with E-state index < -0.39 is 5.91 Å². The number of nitrogens with one attached hydrogen (secondary N) is 1. The Labute approximate surface area is 148 Å². The second-order valence-electron chi connectivity index (χ2n) is 5.78. The summed E-state index contributed by atoms with van der Waals surface area (Å²) in [4.78, 5) is 24.7. The first-order valence-electron chi connectivity index (χ1n) is 8.11. The quantitative estimate of drug-likeness (QED) is 0.616. The van der Waals surface area contributed by atoms with Crippen molar-refractivity contribution in [1.82, 2.24) is 9.78 Å². The summed E-state index contributed by atoms with van der Waals surface area (Å²) in [6.45, 7) is 0.519. The maximum atomic E-state index is 12.5. The number of carbonyl (C=O) groups excluding carboxylic acids is 1. The molecule has 0 saturated carbocycles. The van der Waals surface area contributed by atoms with Crippen molar-refractivity contribution in [3.8, 4) is 0 Å². The molecule has 0 radical (unpaired) electrons. The van der Waals surface area contributed by atoms with Gasteiger partial charge >= 0.3 is 0 Å². The lowest BCUT2D eigenvalue weighted by atomic mass is 10.2. The third-order valence-electron chi connectivity index (χ3n) is 3.99. The number of benzene rings is 2. The second-order valence-corrected chi connectivity index (χ2v) is 5.78. The Hall–Kier alpha value is -3.67. The summed E-state index contributed by atoms with van der Waals surface area (Å²) < 4.78 is 7.24. The van der Waals surface area contributed by atoms with Crippen molar-refractivity contribution >= 4 is 22.7 Å². The zero-order valence-electron chi connectivity index (χ0n) is 13.8. The molecule has 1 amide bonds. The summed E-state index contributed by atoms with van der Waals surface area (Å²) >= 11 is 0. The molecule has 2 heterocycles. The van der Waals surface area contributed by atoms with Gasteiger partial charge in [-0.3, -0.25) is 9.59 Å². The van der Waals surface area contributed by atoms with E-state index in [4.69, 9.17) is 4.42 Å². The molecule has 0 aliphatic carbocycles. The number of amides is 1. The van der Waals surface area contributed by atoms with Crippen molar-refractivity contribution in [1.29, 1.82) is 0 Å². The molecule has 26 heavy (non-hydrogen) atoms. The Morgan fingerprint density at radius 3 is 2.65 bits per heavy atom. The average molecular weight is 345 g/mol. The highest BCUT2D eigenvalue weighted by atomic mass is 16.3. The van der Waals surface area contributed by atoms with Crippen LogP contribution in [0.25, 0.3) is 11.0 Å². The topological polar surface area (TPSA) is 77.1 Å². The van der Waals surface area contributed by atoms with Gasteiger partial charge in [0, 0.05) is 12.1 Å². The van der Waals surface area contributed by atoms with Gasteiger partial charge in [0.05, 0.1) is 18.1 Å². The molecule has 0 spiro atoms. The number of aromatic nitrogens is 2. The van der Waals surface area contributed by atoms with Crippen molar-refractivity contribution in [2.24, 2.45) is 0 Å². The smallest absolute Gasteiger partial charge is 0.292 e. The van der Waals surface area contributed by atoms with Crippen LogP contribution in [-0.4, -0.2) is 15.7 Å². The van der Waals surface area contributed by atoms with E-state index in [9.17, 15) is 9.59 Å². The summed E-state index contributed by atoms with van der Waals surface area (Å²) in [6, 6.07) is 19.5. The van der Waals surface area contributed by atoms with Crippen molar-refractivity contribution < 1.29 is 9.21 Å². The Balaban J connectivity index is 1.60. The zero-order valence-corrected chi connectivity index (χ0v) is 13.8. The third-order valence-corrected chi connectivity index (χ3v) is 3.99. The summed E-state index contributed by atoms with van der Waals surface area (Å²) in [6.07, 6.45) is 1.61. The van der Waals surface area contributed by atoms with Crippen LogP contribution in [-0.2, 0) is 6.54 Å². The molecule has 2 aromatic carbocycles. The molecule has 0 aliphatic rings. The van der Waals surface area contributed by atoms with Gasteiger partial charge in [-0.2, -0.15) is 5.10 Å². The van der Waals surface area contributed by atoms with E-state index in [-0.39, 0.29) is 11.2 Å². The summed E-state index contributed by atoms with van der Waals surface area (Å²) in [7, 11) is 0. The van der Waals surface area contributed by atoms with Gasteiger partial charge in [0.25, 0.3) is 5.91 Å². The number of rotatable bonds is 4. The van der Waals surface area contributed by atoms with Crippen molar-refractivity contribution in [2.45, 2.75) is 6.54 Å². The molecule has 0 atom stereocenters. The average Bonchev–Trinajstić information content (AvgIpc) is 3.09. The van der Waals surface area contributed by atoms with Crippen LogP contribution < -0.4 is 10.7 Å². The van der Waals surface area contributed by atoms with Crippen LogP contribution in [0, 0.1) is 0 Å². The first-order chi connectivity index (χ1) is 12.7. The van der Waals surface area contributed by atoms with Crippen LogP contribution in [0.1, 0.15) is 16.1 Å². The molecule has 4 aromatic rings. The summed E-state index contributed by atoms with van der Waals surface area (Å²) in [5.74, 6) is -0.0153. The normalized spacial score (nSPS) is 10.8. The predicted octanol–water partition coefficient (Wildman–Crippen LogP) is 3.29. The van der Waals surface area contributed by atoms with E-state index in [0.29, 0.717) is 23.3 Å². The van der Waals surface area contributed by atoms with E-state index in [1.165, 1.54) is 6.07 Å². The standard InChI is InChI=1S/C20H15N3O3/c24-16-12-18(26-17-9-5-4-8-15(16)17)20(25)22-19-10-11-21-23(19)13-14-6-2-1-3-7-14/h1-12H,13H2,(H,22,25). The van der Waals surface area contributed by atoms with Gasteiger partial charge in [0.15, 0.2) is 11.2 Å². The molecule has 1 N–H and O–H groups in total. The first kappa shape index (κ1) is 15.8. The van der Waals surface area contributed by atoms with Gasteiger partial charge in [0.1, 0.15) is 11.4 Å². The van der Waals surface area contributed by atoms with Gasteiger partial charge in [0.2, 0.25) is 0 Å². The van der Waals surface area contributed by atoms with E-state index in [2.05, 4.69) is 10.4 Å². The Kier molecular flexibility index (Phi) is 4.07. The molecule has 0 unspecified atom stereocenters. The molecule has 0 aliphatic heterocycles. The lowest BCUT2D eigenvalue weighted by molar-refractivity contribution is 0.0996. The fraction of sp³-hybridized carbons (Fsp3) is 0.0500. The number of nitrogens with zero attached hydrogens (tertiary/aromatic N) is 2. The predicted molar refractivity (Wildman–Crippen MR) is 98.2 cm³/mol. The van der Waals surface area contributed by atoms with Gasteiger partial charge in [-0.25, -0.2) is 4.68 Å². The van der Waals surface area contributed by atoms with Gasteiger partial charge < -0.3 is 9.73 Å². The minimum absolute atomic E-state index is 0.0406. The highest BCUT2D eigenvalue weighted by Crippen LogP contribution is 2.15. The lowest BCUT2D eigenvalue weighted by Crippen LogP contribution is -2.18. The molecule has 2 aromatic heterocycles. The van der Waals surface area contributed by atoms with E-state index in [0.717, 1.165) is 5.56 Å². The molecule has 0 saturated heterocycles. The first-order valence-corrected chi connectivity index (χ1v) is 8.11. The van der Waals surface area contributed by atoms with Gasteiger partial charge in [-0.15, -0.1) is 0 Å². The van der Waals surface area contributed by atoms with Crippen LogP contribution in [0.3, 0.4) is 0 Å². The van der Waals surface area contributed by atoms with E-state index >= 15 is 0 Å². The minimum atomic E-state index is -0.498. The van der Waals surface area contributed by atoms with E-state index in [1.54, 1.807) is 41.2 Å². The van der Waals surface area contributed by atoms with Crippen LogP contribution in [0.5, 0.6) is 0 Å². The van der Waals surface area contributed by atoms with Crippen molar-refractivity contribution in [2.75, 3.05) is 5.32 Å². The molecule has 0 bridgehead atoms. The molecule has 128 valence electrons.